The van der Waals surface area contributed by atoms with Crippen molar-refractivity contribution in [2.24, 2.45) is 0 Å². The highest BCUT2D eigenvalue weighted by Gasteiger charge is 2.19. The van der Waals surface area contributed by atoms with Crippen LogP contribution in [0.25, 0.3) is 0 Å². The Bertz CT molecular complexity index is 459. The quantitative estimate of drug-likeness (QED) is 0.713. The average molecular weight is 320 g/mol. The number of nitrogens with zero attached hydrogens (tertiary/aromatic N) is 2. The molecule has 102 valence electrons. The smallest absolute Gasteiger partial charge is 0.283 e. The zero-order valence-corrected chi connectivity index (χ0v) is 12.1. The molecule has 6 nitrogen and oxygen atoms in total. The Hall–Kier alpha value is -0.920. The summed E-state index contributed by atoms with van der Waals surface area (Å²) in [5.41, 5.74) is -0.955. The Morgan fingerprint density at radius 2 is 2.28 bits per heavy atom. The minimum Gasteiger partial charge on any atom is -0.393 e. The first-order chi connectivity index (χ1) is 8.41. The number of hydrogen-bond acceptors (Lipinski definition) is 5. The fraction of sp³-hybridized carbons (Fsp3) is 0.636. The summed E-state index contributed by atoms with van der Waals surface area (Å²) in [7, 11) is 0. The molecule has 1 unspecified atom stereocenters. The molecule has 3 N–H and O–H groups in total. The van der Waals surface area contributed by atoms with Crippen molar-refractivity contribution in [1.29, 1.82) is 0 Å². The van der Waals surface area contributed by atoms with E-state index in [2.05, 4.69) is 26.3 Å². The minimum absolute atomic E-state index is 0.126. The van der Waals surface area contributed by atoms with Gasteiger partial charge in [-0.1, -0.05) is 6.92 Å². The summed E-state index contributed by atoms with van der Waals surface area (Å²) in [4.78, 5) is 11.9. The Kier molecular flexibility index (Phi) is 5.30. The van der Waals surface area contributed by atoms with Gasteiger partial charge in [-0.2, -0.15) is 5.10 Å². The molecule has 18 heavy (non-hydrogen) atoms. The van der Waals surface area contributed by atoms with E-state index in [0.717, 1.165) is 6.42 Å². The van der Waals surface area contributed by atoms with Crippen molar-refractivity contribution >= 4 is 21.6 Å². The van der Waals surface area contributed by atoms with Crippen molar-refractivity contribution in [2.75, 3.05) is 18.5 Å². The zero-order chi connectivity index (χ0) is 13.8. The average Bonchev–Trinajstić information content (AvgIpc) is 2.34. The van der Waals surface area contributed by atoms with Crippen LogP contribution < -0.4 is 10.9 Å². The van der Waals surface area contributed by atoms with Gasteiger partial charge in [0.15, 0.2) is 0 Å². The second-order valence-electron chi connectivity index (χ2n) is 4.41. The van der Waals surface area contributed by atoms with Crippen LogP contribution in [-0.4, -0.2) is 38.7 Å². The first-order valence-corrected chi connectivity index (χ1v) is 6.53. The molecule has 0 fully saturated rings. The SMILES string of the molecule is CCCn1ncc(NCC(C)(O)CO)c(Br)c1=O. The fourth-order valence-corrected chi connectivity index (χ4v) is 1.75. The molecule has 0 aliphatic rings. The molecule has 0 amide bonds. The predicted molar refractivity (Wildman–Crippen MR) is 72.7 cm³/mol. The molecule has 0 saturated carbocycles. The predicted octanol–water partition coefficient (Wildman–Crippen LogP) is 0.571. The molecule has 1 rings (SSSR count). The summed E-state index contributed by atoms with van der Waals surface area (Å²) in [5, 5.41) is 25.5. The van der Waals surface area contributed by atoms with E-state index in [9.17, 15) is 9.90 Å². The van der Waals surface area contributed by atoms with Crippen molar-refractivity contribution in [3.63, 3.8) is 0 Å². The van der Waals surface area contributed by atoms with Crippen molar-refractivity contribution in [3.05, 3.63) is 21.0 Å². The van der Waals surface area contributed by atoms with Gasteiger partial charge in [0, 0.05) is 13.1 Å². The number of halogens is 1. The number of rotatable bonds is 6. The van der Waals surface area contributed by atoms with Gasteiger partial charge >= 0.3 is 0 Å². The molecule has 0 aromatic carbocycles. The van der Waals surface area contributed by atoms with Gasteiger partial charge in [0.25, 0.3) is 5.56 Å². The second kappa shape index (κ2) is 6.31. The van der Waals surface area contributed by atoms with Gasteiger partial charge in [-0.3, -0.25) is 4.79 Å². The van der Waals surface area contributed by atoms with Crippen LogP contribution in [0.1, 0.15) is 20.3 Å². The molecule has 0 aliphatic heterocycles. The van der Waals surface area contributed by atoms with Crippen LogP contribution in [0.5, 0.6) is 0 Å². The highest BCUT2D eigenvalue weighted by Crippen LogP contribution is 2.17. The number of nitrogens with one attached hydrogen (secondary N) is 1. The lowest BCUT2D eigenvalue weighted by atomic mass is 10.1. The van der Waals surface area contributed by atoms with Gasteiger partial charge in [0.2, 0.25) is 0 Å². The molecule has 0 radical (unpaired) electrons. The Morgan fingerprint density at radius 1 is 1.61 bits per heavy atom. The van der Waals surface area contributed by atoms with Gasteiger partial charge in [-0.25, -0.2) is 4.68 Å². The summed E-state index contributed by atoms with van der Waals surface area (Å²) in [6.45, 7) is 3.79. The summed E-state index contributed by atoms with van der Waals surface area (Å²) < 4.78 is 1.75. The van der Waals surface area contributed by atoms with Crippen LogP contribution in [0.3, 0.4) is 0 Å². The van der Waals surface area contributed by atoms with Crippen LogP contribution >= 0.6 is 15.9 Å². The molecule has 0 spiro atoms. The Balaban J connectivity index is 2.86. The van der Waals surface area contributed by atoms with Crippen molar-refractivity contribution in [1.82, 2.24) is 9.78 Å². The van der Waals surface area contributed by atoms with E-state index in [1.54, 1.807) is 0 Å². The molecule has 0 saturated heterocycles. The van der Waals surface area contributed by atoms with E-state index in [4.69, 9.17) is 5.11 Å². The number of aliphatic hydroxyl groups is 2. The van der Waals surface area contributed by atoms with Crippen LogP contribution in [0, 0.1) is 0 Å². The van der Waals surface area contributed by atoms with E-state index in [1.807, 2.05) is 6.92 Å². The molecule has 0 bridgehead atoms. The van der Waals surface area contributed by atoms with E-state index >= 15 is 0 Å². The van der Waals surface area contributed by atoms with E-state index < -0.39 is 5.60 Å². The maximum absolute atomic E-state index is 11.9. The lowest BCUT2D eigenvalue weighted by molar-refractivity contribution is 0.0132. The van der Waals surface area contributed by atoms with Gasteiger partial charge < -0.3 is 15.5 Å². The number of aryl methyl sites for hydroxylation is 1. The lowest BCUT2D eigenvalue weighted by Crippen LogP contribution is -2.37. The third-order valence-electron chi connectivity index (χ3n) is 2.42. The summed E-state index contributed by atoms with van der Waals surface area (Å²) in [6, 6.07) is 0. The zero-order valence-electron chi connectivity index (χ0n) is 10.5. The Labute approximate surface area is 114 Å². The van der Waals surface area contributed by atoms with Gasteiger partial charge in [-0.05, 0) is 29.3 Å². The number of anilines is 1. The normalized spacial score (nSPS) is 14.3. The molecule has 0 aliphatic carbocycles. The van der Waals surface area contributed by atoms with Crippen LogP contribution in [0.2, 0.25) is 0 Å². The second-order valence-corrected chi connectivity index (χ2v) is 5.20. The first-order valence-electron chi connectivity index (χ1n) is 5.74. The molecular weight excluding hydrogens is 302 g/mol. The number of aliphatic hydroxyl groups excluding tert-OH is 1. The third-order valence-corrected chi connectivity index (χ3v) is 3.19. The number of aromatic nitrogens is 2. The standard InChI is InChI=1S/C11H18BrN3O3/c1-3-4-15-10(17)9(12)8(5-14-15)13-6-11(2,18)7-16/h5,13,16,18H,3-4,6-7H2,1-2H3. The topological polar surface area (TPSA) is 87.4 Å². The van der Waals surface area contributed by atoms with Crippen LogP contribution in [0.15, 0.2) is 15.5 Å². The lowest BCUT2D eigenvalue weighted by Gasteiger charge is -2.21. The largest absolute Gasteiger partial charge is 0.393 e. The Morgan fingerprint density at radius 3 is 2.83 bits per heavy atom. The first kappa shape index (κ1) is 15.1. The summed E-state index contributed by atoms with van der Waals surface area (Å²) in [6.07, 6.45) is 2.35. The molecule has 1 aromatic rings. The van der Waals surface area contributed by atoms with Crippen LogP contribution in [0.4, 0.5) is 5.69 Å². The molecule has 1 aromatic heterocycles. The van der Waals surface area contributed by atoms with E-state index in [1.165, 1.54) is 17.8 Å². The van der Waals surface area contributed by atoms with E-state index in [-0.39, 0.29) is 18.7 Å². The molecular formula is C11H18BrN3O3. The highest BCUT2D eigenvalue weighted by molar-refractivity contribution is 9.10. The summed E-state index contributed by atoms with van der Waals surface area (Å²) in [5.74, 6) is 0. The molecule has 1 atom stereocenters. The fourth-order valence-electron chi connectivity index (χ4n) is 1.30. The highest BCUT2D eigenvalue weighted by atomic mass is 79.9. The third kappa shape index (κ3) is 3.79. The summed E-state index contributed by atoms with van der Waals surface area (Å²) >= 11 is 3.21. The molecule has 1 heterocycles. The van der Waals surface area contributed by atoms with Crippen molar-refractivity contribution in [3.8, 4) is 0 Å². The van der Waals surface area contributed by atoms with Crippen molar-refractivity contribution in [2.45, 2.75) is 32.4 Å². The van der Waals surface area contributed by atoms with E-state index in [0.29, 0.717) is 16.7 Å². The monoisotopic (exact) mass is 319 g/mol. The van der Waals surface area contributed by atoms with Gasteiger partial charge in [0.1, 0.15) is 10.1 Å². The minimum atomic E-state index is -1.24. The molecule has 7 heteroatoms. The van der Waals surface area contributed by atoms with Gasteiger partial charge in [0.05, 0.1) is 18.5 Å². The maximum Gasteiger partial charge on any atom is 0.283 e. The maximum atomic E-state index is 11.9. The van der Waals surface area contributed by atoms with Crippen molar-refractivity contribution < 1.29 is 10.2 Å². The van der Waals surface area contributed by atoms with Crippen LogP contribution in [-0.2, 0) is 6.54 Å². The van der Waals surface area contributed by atoms with Gasteiger partial charge in [-0.15, -0.1) is 0 Å². The number of hydrogen-bond donors (Lipinski definition) is 3.